The SMILES string of the molecule is CC(=O)O[C@@H]1[C@@H](O)[C@H](C)O[C@@H](OC[C@H]2O[C@@H](Oc3cc(O)c4c(=O)cc(-c5ccc(O)cc5)oc4c3)[C@H](O)[C@@H](O)[C@@H]2O)[C@@H]1O. The van der Waals surface area contributed by atoms with Gasteiger partial charge in [-0.05, 0) is 31.2 Å². The molecule has 0 amide bonds. The van der Waals surface area contributed by atoms with Crippen molar-refractivity contribution >= 4 is 16.9 Å². The van der Waals surface area contributed by atoms with Crippen LogP contribution in [-0.4, -0.2) is 110 Å². The lowest BCUT2D eigenvalue weighted by Gasteiger charge is -2.43. The Morgan fingerprint density at radius 1 is 0.864 bits per heavy atom. The Bertz CT molecular complexity index is 1540. The van der Waals surface area contributed by atoms with Gasteiger partial charge >= 0.3 is 5.97 Å². The van der Waals surface area contributed by atoms with E-state index in [1.165, 1.54) is 43.3 Å². The molecule has 2 fully saturated rings. The normalized spacial score (nSPS) is 32.3. The van der Waals surface area contributed by atoms with Gasteiger partial charge in [-0.3, -0.25) is 9.59 Å². The number of fused-ring (bicyclic) bond motifs is 1. The number of carbonyl (C=O) groups is 1. The van der Waals surface area contributed by atoms with Crippen LogP contribution in [0, 0.1) is 0 Å². The quantitative estimate of drug-likeness (QED) is 0.165. The standard InChI is InChI=1S/C29H32O15/c1-11-22(34)27(41-12(2)30)26(38)28(40-11)39-10-20-23(35)24(36)25(37)29(44-20)42-15-7-16(32)21-17(33)9-18(43-19(21)8-15)13-3-5-14(31)6-4-13/h3-9,11,20,22-29,31-32,34-38H,10H2,1-2H3/t11-,20+,22-,23+,24-,25+,26+,27+,28+,29+/m0/s1. The van der Waals surface area contributed by atoms with Crippen molar-refractivity contribution in [3.63, 3.8) is 0 Å². The van der Waals surface area contributed by atoms with Gasteiger partial charge in [0.05, 0.1) is 12.7 Å². The molecule has 10 atom stereocenters. The van der Waals surface area contributed by atoms with Crippen molar-refractivity contribution in [1.82, 2.24) is 0 Å². The molecule has 0 saturated carbocycles. The van der Waals surface area contributed by atoms with Crippen molar-refractivity contribution in [2.45, 2.75) is 75.3 Å². The Morgan fingerprint density at radius 3 is 2.25 bits per heavy atom. The molecule has 0 bridgehead atoms. The number of esters is 1. The summed E-state index contributed by atoms with van der Waals surface area (Å²) in [6.07, 6.45) is -14.9. The van der Waals surface area contributed by atoms with E-state index in [2.05, 4.69) is 0 Å². The molecule has 5 rings (SSSR count). The number of phenolic OH excluding ortho intramolecular Hbond substituents is 2. The first-order chi connectivity index (χ1) is 20.8. The maximum Gasteiger partial charge on any atom is 0.303 e. The van der Waals surface area contributed by atoms with E-state index < -0.39 is 85.2 Å². The average Bonchev–Trinajstić information content (AvgIpc) is 2.97. The predicted octanol–water partition coefficient (Wildman–Crippen LogP) is -0.527. The number of aliphatic hydroxyl groups is 5. The lowest BCUT2D eigenvalue weighted by Crippen LogP contribution is -2.62. The van der Waals surface area contributed by atoms with Crippen LogP contribution in [0.5, 0.6) is 17.2 Å². The molecule has 0 unspecified atom stereocenters. The zero-order valence-corrected chi connectivity index (χ0v) is 23.4. The van der Waals surface area contributed by atoms with E-state index in [4.69, 9.17) is 28.1 Å². The van der Waals surface area contributed by atoms with E-state index in [1.54, 1.807) is 0 Å². The van der Waals surface area contributed by atoms with Crippen molar-refractivity contribution in [3.8, 4) is 28.6 Å². The Labute approximate surface area is 249 Å². The van der Waals surface area contributed by atoms with Gasteiger partial charge in [-0.1, -0.05) is 0 Å². The van der Waals surface area contributed by atoms with Gasteiger partial charge in [0.25, 0.3) is 0 Å². The van der Waals surface area contributed by atoms with Crippen LogP contribution in [0.4, 0.5) is 0 Å². The number of hydrogen-bond acceptors (Lipinski definition) is 15. The summed E-state index contributed by atoms with van der Waals surface area (Å²) in [5.41, 5.74) is -0.176. The average molecular weight is 621 g/mol. The van der Waals surface area contributed by atoms with Crippen LogP contribution in [0.25, 0.3) is 22.3 Å². The summed E-state index contributed by atoms with van der Waals surface area (Å²) in [5, 5.41) is 72.4. The molecule has 1 aromatic heterocycles. The predicted molar refractivity (Wildman–Crippen MR) is 146 cm³/mol. The van der Waals surface area contributed by atoms with E-state index in [0.717, 1.165) is 13.0 Å². The van der Waals surface area contributed by atoms with Crippen molar-refractivity contribution in [2.75, 3.05) is 6.61 Å². The van der Waals surface area contributed by atoms with Crippen LogP contribution in [0.3, 0.4) is 0 Å². The number of hydrogen-bond donors (Lipinski definition) is 7. The third kappa shape index (κ3) is 6.36. The van der Waals surface area contributed by atoms with Gasteiger partial charge in [-0.25, -0.2) is 0 Å². The first-order valence-electron chi connectivity index (χ1n) is 13.6. The number of phenols is 2. The fraction of sp³-hybridized carbons (Fsp3) is 0.448. The highest BCUT2D eigenvalue weighted by Gasteiger charge is 2.48. The van der Waals surface area contributed by atoms with Gasteiger partial charge in [0.1, 0.15) is 70.6 Å². The Hall–Kier alpha value is -3.80. The molecule has 2 aliphatic heterocycles. The van der Waals surface area contributed by atoms with Gasteiger partial charge < -0.3 is 63.8 Å². The highest BCUT2D eigenvalue weighted by Crippen LogP contribution is 2.34. The maximum absolute atomic E-state index is 12.8. The minimum Gasteiger partial charge on any atom is -0.508 e. The summed E-state index contributed by atoms with van der Waals surface area (Å²) >= 11 is 0. The van der Waals surface area contributed by atoms with Crippen molar-refractivity contribution < 1.29 is 68.6 Å². The topological polar surface area (TPSA) is 235 Å². The molecule has 44 heavy (non-hydrogen) atoms. The molecule has 2 aromatic carbocycles. The van der Waals surface area contributed by atoms with E-state index >= 15 is 0 Å². The molecular formula is C29H32O15. The van der Waals surface area contributed by atoms with Crippen molar-refractivity contribution in [3.05, 3.63) is 52.7 Å². The summed E-state index contributed by atoms with van der Waals surface area (Å²) in [5.74, 6) is -1.25. The van der Waals surface area contributed by atoms with E-state index in [0.29, 0.717) is 5.56 Å². The summed E-state index contributed by atoms with van der Waals surface area (Å²) in [4.78, 5) is 24.2. The Balaban J connectivity index is 1.33. The molecule has 3 aromatic rings. The largest absolute Gasteiger partial charge is 0.508 e. The number of aliphatic hydroxyl groups excluding tert-OH is 5. The maximum atomic E-state index is 12.8. The van der Waals surface area contributed by atoms with E-state index in [-0.39, 0.29) is 28.2 Å². The molecule has 0 radical (unpaired) electrons. The molecule has 7 N–H and O–H groups in total. The summed E-state index contributed by atoms with van der Waals surface area (Å²) in [6, 6.07) is 9.37. The summed E-state index contributed by atoms with van der Waals surface area (Å²) in [7, 11) is 0. The molecule has 2 aliphatic rings. The van der Waals surface area contributed by atoms with Crippen molar-refractivity contribution in [2.24, 2.45) is 0 Å². The summed E-state index contributed by atoms with van der Waals surface area (Å²) in [6.45, 7) is 2.05. The molecule has 0 spiro atoms. The number of ether oxygens (including phenoxy) is 5. The second-order valence-corrected chi connectivity index (χ2v) is 10.6. The zero-order valence-electron chi connectivity index (χ0n) is 23.4. The molecule has 2 saturated heterocycles. The van der Waals surface area contributed by atoms with Crippen LogP contribution in [0.15, 0.2) is 51.7 Å². The van der Waals surface area contributed by atoms with Crippen LogP contribution >= 0.6 is 0 Å². The minimum atomic E-state index is -1.79. The zero-order chi connectivity index (χ0) is 31.9. The fourth-order valence-electron chi connectivity index (χ4n) is 5.02. The molecule has 15 nitrogen and oxygen atoms in total. The highest BCUT2D eigenvalue weighted by atomic mass is 16.7. The molecular weight excluding hydrogens is 588 g/mol. The first kappa shape index (κ1) is 31.6. The lowest BCUT2D eigenvalue weighted by molar-refractivity contribution is -0.319. The fourth-order valence-corrected chi connectivity index (χ4v) is 5.02. The monoisotopic (exact) mass is 620 g/mol. The van der Waals surface area contributed by atoms with Gasteiger partial charge in [-0.2, -0.15) is 0 Å². The molecule has 15 heteroatoms. The van der Waals surface area contributed by atoms with Gasteiger partial charge in [0.2, 0.25) is 6.29 Å². The minimum absolute atomic E-state index is 0.00858. The Kier molecular flexibility index (Phi) is 9.10. The van der Waals surface area contributed by atoms with Gasteiger partial charge in [-0.15, -0.1) is 0 Å². The number of rotatable bonds is 7. The molecule has 238 valence electrons. The third-order valence-corrected chi connectivity index (χ3v) is 7.36. The van der Waals surface area contributed by atoms with E-state index in [1.807, 2.05) is 0 Å². The van der Waals surface area contributed by atoms with Gasteiger partial charge in [0.15, 0.2) is 17.8 Å². The third-order valence-electron chi connectivity index (χ3n) is 7.36. The van der Waals surface area contributed by atoms with Crippen LogP contribution in [0.1, 0.15) is 13.8 Å². The number of benzene rings is 2. The lowest BCUT2D eigenvalue weighted by atomic mass is 9.98. The number of carbonyl (C=O) groups excluding carboxylic acids is 1. The van der Waals surface area contributed by atoms with Crippen LogP contribution in [-0.2, 0) is 23.7 Å². The van der Waals surface area contributed by atoms with Crippen molar-refractivity contribution in [1.29, 1.82) is 0 Å². The molecule has 0 aliphatic carbocycles. The molecule has 3 heterocycles. The smallest absolute Gasteiger partial charge is 0.303 e. The second kappa shape index (κ2) is 12.7. The first-order valence-corrected chi connectivity index (χ1v) is 13.6. The van der Waals surface area contributed by atoms with E-state index in [9.17, 15) is 45.3 Å². The van der Waals surface area contributed by atoms with Gasteiger partial charge in [0, 0.05) is 30.7 Å². The number of aromatic hydroxyl groups is 2. The van der Waals surface area contributed by atoms with Crippen LogP contribution < -0.4 is 10.2 Å². The van der Waals surface area contributed by atoms with Crippen LogP contribution in [0.2, 0.25) is 0 Å². The highest BCUT2D eigenvalue weighted by molar-refractivity contribution is 5.86. The second-order valence-electron chi connectivity index (χ2n) is 10.6. The Morgan fingerprint density at radius 2 is 1.57 bits per heavy atom. The summed E-state index contributed by atoms with van der Waals surface area (Å²) < 4.78 is 33.2.